The molecular weight excluding hydrogens is 316 g/mol. The topological polar surface area (TPSA) is 24.5 Å². The van der Waals surface area contributed by atoms with Crippen molar-refractivity contribution < 1.29 is 4.74 Å². The normalized spacial score (nSPS) is 19.9. The zero-order valence-corrected chi connectivity index (χ0v) is 14.5. The van der Waals surface area contributed by atoms with Crippen LogP contribution in [0.25, 0.3) is 0 Å². The van der Waals surface area contributed by atoms with E-state index < -0.39 is 0 Å². The molecule has 1 heterocycles. The summed E-state index contributed by atoms with van der Waals surface area (Å²) >= 11 is 3.59. The number of benzene rings is 1. The van der Waals surface area contributed by atoms with Gasteiger partial charge >= 0.3 is 0 Å². The number of halogens is 1. The van der Waals surface area contributed by atoms with Gasteiger partial charge in [-0.15, -0.1) is 0 Å². The van der Waals surface area contributed by atoms with Crippen LogP contribution in [0, 0.1) is 0 Å². The van der Waals surface area contributed by atoms with Crippen LogP contribution in [-0.4, -0.2) is 31.8 Å². The van der Waals surface area contributed by atoms with E-state index in [1.54, 1.807) is 0 Å². The molecular formula is C16H25BrN2O. The number of rotatable bonds is 4. The third kappa shape index (κ3) is 3.74. The molecule has 1 aromatic carbocycles. The lowest BCUT2D eigenvalue weighted by atomic mass is 10.0. The fourth-order valence-corrected chi connectivity index (χ4v) is 3.18. The van der Waals surface area contributed by atoms with E-state index in [2.05, 4.69) is 72.0 Å². The number of morpholine rings is 1. The number of hydrogen-bond donors (Lipinski definition) is 1. The van der Waals surface area contributed by atoms with Crippen LogP contribution in [0.1, 0.15) is 39.3 Å². The molecule has 1 unspecified atom stereocenters. The second-order valence-corrected chi connectivity index (χ2v) is 6.93. The Balaban J connectivity index is 2.30. The zero-order chi connectivity index (χ0) is 14.8. The molecule has 1 saturated heterocycles. The van der Waals surface area contributed by atoms with Gasteiger partial charge in [0.15, 0.2) is 0 Å². The van der Waals surface area contributed by atoms with Crippen LogP contribution in [-0.2, 0) is 4.74 Å². The first kappa shape index (κ1) is 15.8. The largest absolute Gasteiger partial charge is 0.372 e. The van der Waals surface area contributed by atoms with Crippen molar-refractivity contribution >= 4 is 21.6 Å². The van der Waals surface area contributed by atoms with Gasteiger partial charge in [-0.05, 0) is 51.1 Å². The van der Waals surface area contributed by atoms with Gasteiger partial charge in [-0.3, -0.25) is 0 Å². The number of anilines is 1. The molecule has 0 aliphatic carbocycles. The Morgan fingerprint density at radius 2 is 2.20 bits per heavy atom. The Bertz CT molecular complexity index is 462. The number of hydrogen-bond acceptors (Lipinski definition) is 3. The highest BCUT2D eigenvalue weighted by atomic mass is 79.9. The van der Waals surface area contributed by atoms with Crippen molar-refractivity contribution in [2.75, 3.05) is 31.1 Å². The highest BCUT2D eigenvalue weighted by Crippen LogP contribution is 2.32. The summed E-state index contributed by atoms with van der Waals surface area (Å²) in [5.74, 6) is 0. The molecule has 2 rings (SSSR count). The zero-order valence-electron chi connectivity index (χ0n) is 12.9. The lowest BCUT2D eigenvalue weighted by molar-refractivity contribution is -0.0277. The summed E-state index contributed by atoms with van der Waals surface area (Å²) in [6.07, 6.45) is 0. The lowest BCUT2D eigenvalue weighted by Crippen LogP contribution is -2.48. The minimum Gasteiger partial charge on any atom is -0.372 e. The van der Waals surface area contributed by atoms with Crippen molar-refractivity contribution in [1.82, 2.24) is 5.32 Å². The molecule has 0 amide bonds. The Morgan fingerprint density at radius 3 is 2.85 bits per heavy atom. The van der Waals surface area contributed by atoms with Crippen LogP contribution in [0.3, 0.4) is 0 Å². The van der Waals surface area contributed by atoms with Gasteiger partial charge in [-0.2, -0.15) is 0 Å². The number of nitrogens with one attached hydrogen (secondary N) is 1. The molecule has 1 aliphatic heterocycles. The molecule has 0 aromatic heterocycles. The van der Waals surface area contributed by atoms with Crippen LogP contribution >= 0.6 is 15.9 Å². The van der Waals surface area contributed by atoms with Crippen molar-refractivity contribution in [3.8, 4) is 0 Å². The predicted octanol–water partition coefficient (Wildman–Crippen LogP) is 3.73. The van der Waals surface area contributed by atoms with Gasteiger partial charge in [-0.25, -0.2) is 0 Å². The summed E-state index contributed by atoms with van der Waals surface area (Å²) in [7, 11) is 0. The van der Waals surface area contributed by atoms with Gasteiger partial charge in [-0.1, -0.05) is 22.9 Å². The fraction of sp³-hybridized carbons (Fsp3) is 0.625. The maximum absolute atomic E-state index is 5.82. The molecule has 1 fully saturated rings. The summed E-state index contributed by atoms with van der Waals surface area (Å²) in [4.78, 5) is 2.44. The van der Waals surface area contributed by atoms with E-state index in [1.165, 1.54) is 11.3 Å². The molecule has 1 atom stereocenters. The molecule has 1 aliphatic rings. The smallest absolute Gasteiger partial charge is 0.0801 e. The van der Waals surface area contributed by atoms with E-state index in [0.29, 0.717) is 6.04 Å². The first-order valence-corrected chi connectivity index (χ1v) is 8.14. The molecule has 1 N–H and O–H groups in total. The molecule has 0 spiro atoms. The summed E-state index contributed by atoms with van der Waals surface area (Å²) in [5.41, 5.74) is 2.58. The van der Waals surface area contributed by atoms with Gasteiger partial charge in [0.2, 0.25) is 0 Å². The summed E-state index contributed by atoms with van der Waals surface area (Å²) in [6, 6.07) is 6.91. The SMILES string of the molecule is CCNC(C)c1cc(Br)ccc1N1CCOC(C)(C)C1. The minimum atomic E-state index is -0.0793. The van der Waals surface area contributed by atoms with E-state index >= 15 is 0 Å². The van der Waals surface area contributed by atoms with Gasteiger partial charge in [0.25, 0.3) is 0 Å². The minimum absolute atomic E-state index is 0.0793. The van der Waals surface area contributed by atoms with Crippen molar-refractivity contribution in [3.63, 3.8) is 0 Å². The van der Waals surface area contributed by atoms with Crippen molar-refractivity contribution in [3.05, 3.63) is 28.2 Å². The third-order valence-electron chi connectivity index (χ3n) is 3.73. The average Bonchev–Trinajstić information content (AvgIpc) is 2.37. The van der Waals surface area contributed by atoms with Gasteiger partial charge in [0.1, 0.15) is 0 Å². The highest BCUT2D eigenvalue weighted by molar-refractivity contribution is 9.10. The van der Waals surface area contributed by atoms with Crippen LogP contribution in [0.15, 0.2) is 22.7 Å². The van der Waals surface area contributed by atoms with Gasteiger partial charge in [0, 0.05) is 29.3 Å². The Labute approximate surface area is 130 Å². The van der Waals surface area contributed by atoms with Crippen molar-refractivity contribution in [1.29, 1.82) is 0 Å². The second kappa shape index (κ2) is 6.46. The molecule has 112 valence electrons. The monoisotopic (exact) mass is 340 g/mol. The molecule has 4 heteroatoms. The standard InChI is InChI=1S/C16H25BrN2O/c1-5-18-12(2)14-10-13(17)6-7-15(14)19-8-9-20-16(3,4)11-19/h6-7,10,12,18H,5,8-9,11H2,1-4H3. The average molecular weight is 341 g/mol. The van der Waals surface area contributed by atoms with E-state index in [9.17, 15) is 0 Å². The first-order chi connectivity index (χ1) is 9.43. The van der Waals surface area contributed by atoms with Gasteiger partial charge < -0.3 is 15.0 Å². The maximum atomic E-state index is 5.82. The fourth-order valence-electron chi connectivity index (χ4n) is 2.80. The summed E-state index contributed by atoms with van der Waals surface area (Å²) < 4.78 is 6.95. The van der Waals surface area contributed by atoms with E-state index in [-0.39, 0.29) is 5.60 Å². The number of ether oxygens (including phenoxy) is 1. The second-order valence-electron chi connectivity index (χ2n) is 6.01. The Morgan fingerprint density at radius 1 is 1.45 bits per heavy atom. The van der Waals surface area contributed by atoms with E-state index in [4.69, 9.17) is 4.74 Å². The molecule has 0 bridgehead atoms. The quantitative estimate of drug-likeness (QED) is 0.903. The molecule has 1 aromatic rings. The van der Waals surface area contributed by atoms with Crippen LogP contribution in [0.5, 0.6) is 0 Å². The maximum Gasteiger partial charge on any atom is 0.0801 e. The van der Waals surface area contributed by atoms with E-state index in [0.717, 1.165) is 30.7 Å². The predicted molar refractivity (Wildman–Crippen MR) is 88.5 cm³/mol. The molecule has 0 radical (unpaired) electrons. The molecule has 0 saturated carbocycles. The summed E-state index contributed by atoms with van der Waals surface area (Å²) in [5, 5.41) is 3.51. The Hall–Kier alpha value is -0.580. The third-order valence-corrected chi connectivity index (χ3v) is 4.23. The lowest BCUT2D eigenvalue weighted by Gasteiger charge is -2.40. The summed E-state index contributed by atoms with van der Waals surface area (Å²) in [6.45, 7) is 12.3. The van der Waals surface area contributed by atoms with Crippen LogP contribution in [0.2, 0.25) is 0 Å². The van der Waals surface area contributed by atoms with Crippen LogP contribution < -0.4 is 10.2 Å². The Kier molecular flexibility index (Phi) is 5.10. The highest BCUT2D eigenvalue weighted by Gasteiger charge is 2.28. The van der Waals surface area contributed by atoms with Crippen molar-refractivity contribution in [2.45, 2.75) is 39.3 Å². The molecule has 3 nitrogen and oxygen atoms in total. The first-order valence-electron chi connectivity index (χ1n) is 7.34. The van der Waals surface area contributed by atoms with Crippen LogP contribution in [0.4, 0.5) is 5.69 Å². The van der Waals surface area contributed by atoms with Gasteiger partial charge in [0.05, 0.1) is 12.2 Å². The molecule has 20 heavy (non-hydrogen) atoms. The van der Waals surface area contributed by atoms with Crippen molar-refractivity contribution in [2.24, 2.45) is 0 Å². The van der Waals surface area contributed by atoms with E-state index in [1.807, 2.05) is 0 Å². The number of nitrogens with zero attached hydrogens (tertiary/aromatic N) is 1.